The van der Waals surface area contributed by atoms with E-state index in [2.05, 4.69) is 31.9 Å². The van der Waals surface area contributed by atoms with Gasteiger partial charge in [-0.25, -0.2) is 0 Å². The van der Waals surface area contributed by atoms with Crippen molar-refractivity contribution in [2.45, 2.75) is 124 Å². The van der Waals surface area contributed by atoms with E-state index in [9.17, 15) is 33.9 Å². The maximum Gasteiger partial charge on any atom is 0.303 e. The zero-order valence-electron chi connectivity index (χ0n) is 30.1. The molecule has 0 aromatic heterocycles. The first-order chi connectivity index (χ1) is 23.1. The zero-order chi connectivity index (χ0) is 37.1. The molecule has 8 N–H and O–H groups in total. The Bertz CT molecular complexity index is 1220. The maximum atomic E-state index is 13.7. The standard InChI is InChI=1S/C35H58N6O8/c1-8-12-27(39-35(49)31(22(6)9-2)40-28(43)13-11-14-29(44)45)33(47)38-25(19-24-15-17-26(42)18-16-24)20-37-23(7)32(46)41-30(21(4)5)34(48)36-10-3/h15-18,21-23,25,27,30-31,37,42H,8-14,19-20H2,1-7H3,(H,36,48)(H,38,47)(H,39,49)(H,40,43)(H,41,46)(H,44,45)/t22?,23?,25-,27?,30-,31?/m0/s1. The molecule has 0 aliphatic rings. The maximum absolute atomic E-state index is 13.7. The molecule has 1 rings (SSSR count). The molecule has 1 aromatic rings. The third kappa shape index (κ3) is 16.2. The topological polar surface area (TPSA) is 215 Å². The number of nitrogens with one attached hydrogen (secondary N) is 6. The Morgan fingerprint density at radius 3 is 1.96 bits per heavy atom. The summed E-state index contributed by atoms with van der Waals surface area (Å²) < 4.78 is 0. The van der Waals surface area contributed by atoms with Crippen LogP contribution in [0, 0.1) is 11.8 Å². The van der Waals surface area contributed by atoms with E-state index in [-0.39, 0.29) is 55.2 Å². The quantitative estimate of drug-likeness (QED) is 0.0838. The van der Waals surface area contributed by atoms with Crippen molar-refractivity contribution in [2.24, 2.45) is 11.8 Å². The van der Waals surface area contributed by atoms with E-state index in [1.807, 2.05) is 34.6 Å². The second kappa shape index (κ2) is 22.4. The van der Waals surface area contributed by atoms with Crippen LogP contribution in [0.2, 0.25) is 0 Å². The van der Waals surface area contributed by atoms with Crippen molar-refractivity contribution < 1.29 is 39.0 Å². The molecule has 14 nitrogen and oxygen atoms in total. The van der Waals surface area contributed by atoms with Gasteiger partial charge in [0.05, 0.1) is 6.04 Å². The summed E-state index contributed by atoms with van der Waals surface area (Å²) in [5.74, 6) is -3.35. The number of rotatable bonds is 23. The first kappa shape index (κ1) is 42.8. The summed E-state index contributed by atoms with van der Waals surface area (Å²) in [6.45, 7) is 13.3. The fourth-order valence-electron chi connectivity index (χ4n) is 5.07. The minimum Gasteiger partial charge on any atom is -0.508 e. The number of aliphatic carboxylic acids is 1. The Morgan fingerprint density at radius 1 is 0.755 bits per heavy atom. The fourth-order valence-corrected chi connectivity index (χ4v) is 5.07. The van der Waals surface area contributed by atoms with Crippen LogP contribution in [-0.4, -0.2) is 89.0 Å². The van der Waals surface area contributed by atoms with Crippen LogP contribution in [0.25, 0.3) is 0 Å². The predicted octanol–water partition coefficient (Wildman–Crippen LogP) is 1.75. The monoisotopic (exact) mass is 690 g/mol. The van der Waals surface area contributed by atoms with Gasteiger partial charge in [-0.1, -0.05) is 59.6 Å². The van der Waals surface area contributed by atoms with E-state index in [0.29, 0.717) is 32.2 Å². The molecule has 0 radical (unpaired) electrons. The van der Waals surface area contributed by atoms with Gasteiger partial charge in [0.2, 0.25) is 29.5 Å². The smallest absolute Gasteiger partial charge is 0.303 e. The number of amides is 5. The summed E-state index contributed by atoms with van der Waals surface area (Å²) in [4.78, 5) is 76.1. The van der Waals surface area contributed by atoms with Crippen LogP contribution >= 0.6 is 0 Å². The van der Waals surface area contributed by atoms with E-state index in [1.165, 1.54) is 12.1 Å². The minimum absolute atomic E-state index is 0.0438. The summed E-state index contributed by atoms with van der Waals surface area (Å²) in [5, 5.41) is 35.8. The van der Waals surface area contributed by atoms with Gasteiger partial charge in [0, 0.05) is 32.0 Å². The third-order valence-corrected chi connectivity index (χ3v) is 8.24. The van der Waals surface area contributed by atoms with Gasteiger partial charge >= 0.3 is 5.97 Å². The highest BCUT2D eigenvalue weighted by molar-refractivity contribution is 5.92. The van der Waals surface area contributed by atoms with Gasteiger partial charge in [-0.2, -0.15) is 0 Å². The number of carboxylic acid groups (broad SMARTS) is 1. The highest BCUT2D eigenvalue weighted by atomic mass is 16.4. The largest absolute Gasteiger partial charge is 0.508 e. The van der Waals surface area contributed by atoms with Gasteiger partial charge in [0.1, 0.15) is 23.9 Å². The van der Waals surface area contributed by atoms with Gasteiger partial charge in [0.25, 0.3) is 0 Å². The van der Waals surface area contributed by atoms with Crippen molar-refractivity contribution in [2.75, 3.05) is 13.1 Å². The van der Waals surface area contributed by atoms with E-state index in [4.69, 9.17) is 5.11 Å². The van der Waals surface area contributed by atoms with Crippen LogP contribution in [0.5, 0.6) is 5.75 Å². The Kier molecular flexibility index (Phi) is 19.6. The summed E-state index contributed by atoms with van der Waals surface area (Å²) in [6, 6.07) is 2.74. The lowest BCUT2D eigenvalue weighted by atomic mass is 9.97. The summed E-state index contributed by atoms with van der Waals surface area (Å²) in [6.07, 6.45) is 1.75. The molecule has 4 unspecified atom stereocenters. The molecule has 6 atom stereocenters. The highest BCUT2D eigenvalue weighted by Gasteiger charge is 2.31. The average molecular weight is 691 g/mol. The van der Waals surface area contributed by atoms with Crippen molar-refractivity contribution in [3.8, 4) is 5.75 Å². The molecule has 0 heterocycles. The minimum atomic E-state index is -1.01. The number of benzene rings is 1. The molecule has 0 saturated heterocycles. The molecule has 0 aliphatic heterocycles. The SMILES string of the molecule is CCCC(NC(=O)C(NC(=O)CCCC(=O)O)C(C)CC)C(=O)N[C@H](CNC(C)C(=O)N[C@H](C(=O)NCC)C(C)C)Cc1ccc(O)cc1. The van der Waals surface area contributed by atoms with Crippen LogP contribution in [0.3, 0.4) is 0 Å². The summed E-state index contributed by atoms with van der Waals surface area (Å²) in [5.41, 5.74) is 0.816. The second-order valence-corrected chi connectivity index (χ2v) is 12.9. The second-order valence-electron chi connectivity index (χ2n) is 12.9. The number of carboxylic acids is 1. The molecule has 276 valence electrons. The first-order valence-corrected chi connectivity index (χ1v) is 17.3. The molecule has 1 aromatic carbocycles. The number of aromatic hydroxyl groups is 1. The van der Waals surface area contributed by atoms with Gasteiger partial charge in [0.15, 0.2) is 0 Å². The van der Waals surface area contributed by atoms with Gasteiger partial charge in [-0.05, 0) is 62.6 Å². The van der Waals surface area contributed by atoms with Crippen molar-refractivity contribution in [1.29, 1.82) is 0 Å². The number of hydrogen-bond acceptors (Lipinski definition) is 8. The molecular formula is C35H58N6O8. The van der Waals surface area contributed by atoms with Crippen LogP contribution in [-0.2, 0) is 35.2 Å². The van der Waals surface area contributed by atoms with Crippen LogP contribution in [0.1, 0.15) is 92.6 Å². The van der Waals surface area contributed by atoms with Crippen LogP contribution in [0.4, 0.5) is 0 Å². The molecule has 0 bridgehead atoms. The highest BCUT2D eigenvalue weighted by Crippen LogP contribution is 2.13. The number of carbonyl (C=O) groups is 6. The van der Waals surface area contributed by atoms with Crippen LogP contribution in [0.15, 0.2) is 24.3 Å². The Balaban J connectivity index is 3.10. The number of phenolic OH excluding ortho intramolecular Hbond substituents is 1. The fraction of sp³-hybridized carbons (Fsp3) is 0.657. The number of likely N-dealkylation sites (N-methyl/N-ethyl adjacent to an activating group) is 1. The first-order valence-electron chi connectivity index (χ1n) is 17.3. The van der Waals surface area contributed by atoms with E-state index >= 15 is 0 Å². The number of hydrogen-bond donors (Lipinski definition) is 8. The van der Waals surface area contributed by atoms with Gasteiger partial charge < -0.3 is 42.1 Å². The van der Waals surface area contributed by atoms with Crippen molar-refractivity contribution in [3.05, 3.63) is 29.8 Å². The van der Waals surface area contributed by atoms with Crippen LogP contribution < -0.4 is 31.9 Å². The normalized spacial score (nSPS) is 14.8. The lowest BCUT2D eigenvalue weighted by Gasteiger charge is -2.28. The summed E-state index contributed by atoms with van der Waals surface area (Å²) in [7, 11) is 0. The lowest BCUT2D eigenvalue weighted by molar-refractivity contribution is -0.137. The molecule has 0 saturated carbocycles. The summed E-state index contributed by atoms with van der Waals surface area (Å²) >= 11 is 0. The van der Waals surface area contributed by atoms with Crippen molar-refractivity contribution >= 4 is 35.5 Å². The predicted molar refractivity (Wildman–Crippen MR) is 186 cm³/mol. The van der Waals surface area contributed by atoms with Crippen molar-refractivity contribution in [1.82, 2.24) is 31.9 Å². The van der Waals surface area contributed by atoms with Gasteiger partial charge in [-0.3, -0.25) is 28.8 Å². The molecule has 0 aliphatic carbocycles. The lowest BCUT2D eigenvalue weighted by Crippen LogP contribution is -2.58. The number of phenols is 1. The Morgan fingerprint density at radius 2 is 1.41 bits per heavy atom. The van der Waals surface area contributed by atoms with E-state index in [0.717, 1.165) is 5.56 Å². The van der Waals surface area contributed by atoms with Crippen molar-refractivity contribution in [3.63, 3.8) is 0 Å². The average Bonchev–Trinajstić information content (AvgIpc) is 3.04. The number of carbonyl (C=O) groups excluding carboxylic acids is 5. The van der Waals surface area contributed by atoms with E-state index < -0.39 is 53.9 Å². The molecule has 49 heavy (non-hydrogen) atoms. The zero-order valence-corrected chi connectivity index (χ0v) is 30.1. The Hall–Kier alpha value is -4.20. The van der Waals surface area contributed by atoms with Gasteiger partial charge in [-0.15, -0.1) is 0 Å². The molecule has 14 heteroatoms. The Labute approximate surface area is 290 Å². The van der Waals surface area contributed by atoms with E-state index in [1.54, 1.807) is 26.0 Å². The molecule has 0 fully saturated rings. The molecule has 0 spiro atoms. The molecule has 5 amide bonds. The third-order valence-electron chi connectivity index (χ3n) is 8.24. The molecular weight excluding hydrogens is 632 g/mol.